The smallest absolute Gasteiger partial charge is 0.300 e. The van der Waals surface area contributed by atoms with Crippen LogP contribution in [-0.4, -0.2) is 53.9 Å². The molecule has 2 N–H and O–H groups in total. The molecule has 0 radical (unpaired) electrons. The zero-order valence-corrected chi connectivity index (χ0v) is 21.7. The van der Waals surface area contributed by atoms with Gasteiger partial charge in [-0.2, -0.15) is 0 Å². The van der Waals surface area contributed by atoms with Crippen LogP contribution in [0.25, 0.3) is 0 Å². The topological polar surface area (TPSA) is 73.2 Å². The maximum absolute atomic E-state index is 14.2. The van der Waals surface area contributed by atoms with Crippen LogP contribution in [0.5, 0.6) is 5.75 Å². The van der Waals surface area contributed by atoms with Crippen LogP contribution in [-0.2, 0) is 4.79 Å². The van der Waals surface area contributed by atoms with E-state index in [1.165, 1.54) is 18.2 Å². The number of carboxylic acid groups (broad SMARTS) is 1. The Morgan fingerprint density at radius 2 is 1.76 bits per heavy atom. The van der Waals surface area contributed by atoms with Crippen molar-refractivity contribution < 1.29 is 28.5 Å². The zero-order valence-electron chi connectivity index (χ0n) is 21.7. The molecule has 0 spiro atoms. The predicted molar refractivity (Wildman–Crippen MR) is 143 cm³/mol. The van der Waals surface area contributed by atoms with Crippen molar-refractivity contribution in [1.82, 2.24) is 4.90 Å². The number of rotatable bonds is 7. The van der Waals surface area contributed by atoms with E-state index in [4.69, 9.17) is 14.6 Å². The van der Waals surface area contributed by atoms with Gasteiger partial charge in [-0.25, -0.2) is 8.78 Å². The Kier molecular flexibility index (Phi) is 8.97. The number of methoxy groups -OCH3 is 1. The minimum Gasteiger partial charge on any atom is -0.496 e. The zero-order chi connectivity index (χ0) is 27.2. The molecule has 1 fully saturated rings. The summed E-state index contributed by atoms with van der Waals surface area (Å²) in [5, 5.41) is 18.1. The summed E-state index contributed by atoms with van der Waals surface area (Å²) in [5.41, 5.74) is 3.79. The molecule has 2 heterocycles. The summed E-state index contributed by atoms with van der Waals surface area (Å²) in [6, 6.07) is 19.4. The van der Waals surface area contributed by atoms with E-state index < -0.39 is 12.1 Å². The molecule has 3 aromatic rings. The summed E-state index contributed by atoms with van der Waals surface area (Å²) in [5.74, 6) is -0.426. The Balaban J connectivity index is 0.000000786. The molecular weight excluding hydrogens is 490 g/mol. The van der Waals surface area contributed by atoms with Gasteiger partial charge in [-0.1, -0.05) is 18.2 Å². The molecule has 3 unspecified atom stereocenters. The van der Waals surface area contributed by atoms with Gasteiger partial charge >= 0.3 is 0 Å². The second kappa shape index (κ2) is 12.4. The van der Waals surface area contributed by atoms with Crippen LogP contribution in [0.2, 0.25) is 0 Å². The molecule has 38 heavy (non-hydrogen) atoms. The minimum atomic E-state index is -0.833. The summed E-state index contributed by atoms with van der Waals surface area (Å²) in [7, 11) is 1.62. The van der Waals surface area contributed by atoms with Gasteiger partial charge in [-0.05, 0) is 79.9 Å². The van der Waals surface area contributed by atoms with Crippen molar-refractivity contribution in [3.63, 3.8) is 0 Å². The molecule has 0 aliphatic carbocycles. The highest BCUT2D eigenvalue weighted by molar-refractivity contribution is 5.73. The normalized spacial score (nSPS) is 19.1. The summed E-state index contributed by atoms with van der Waals surface area (Å²) in [6.45, 7) is 3.72. The van der Waals surface area contributed by atoms with Gasteiger partial charge in [0.15, 0.2) is 0 Å². The number of ether oxygens (including phenoxy) is 1. The number of hydrogen-bond acceptors (Lipinski definition) is 5. The van der Waals surface area contributed by atoms with E-state index >= 15 is 0 Å². The lowest BCUT2D eigenvalue weighted by atomic mass is 9.88. The van der Waals surface area contributed by atoms with Crippen molar-refractivity contribution in [2.75, 3.05) is 31.6 Å². The van der Waals surface area contributed by atoms with Crippen molar-refractivity contribution >= 4 is 17.3 Å². The third-order valence-corrected chi connectivity index (χ3v) is 7.20. The molecule has 5 rings (SSSR count). The molecule has 2 aliphatic rings. The van der Waals surface area contributed by atoms with Gasteiger partial charge in [0.2, 0.25) is 0 Å². The number of hydrogen-bond donors (Lipinski definition) is 2. The van der Waals surface area contributed by atoms with Gasteiger partial charge in [0.25, 0.3) is 5.97 Å². The third kappa shape index (κ3) is 6.31. The molecule has 0 aromatic heterocycles. The molecular formula is C30H34F2N2O4. The van der Waals surface area contributed by atoms with Crippen LogP contribution in [0.1, 0.15) is 49.3 Å². The molecule has 3 aromatic carbocycles. The Morgan fingerprint density at radius 1 is 1.08 bits per heavy atom. The van der Waals surface area contributed by atoms with Gasteiger partial charge in [0.05, 0.1) is 13.2 Å². The first kappa shape index (κ1) is 27.5. The molecule has 202 valence electrons. The number of halogens is 2. The average Bonchev–Trinajstić information content (AvgIpc) is 3.21. The number of fused-ring (bicyclic) bond motifs is 3. The molecule has 0 amide bonds. The Morgan fingerprint density at radius 3 is 2.47 bits per heavy atom. The van der Waals surface area contributed by atoms with Gasteiger partial charge in [0.1, 0.15) is 17.4 Å². The number of aliphatic hydroxyl groups excluding tert-OH is 1. The van der Waals surface area contributed by atoms with E-state index in [9.17, 15) is 13.9 Å². The number of anilines is 2. The first-order valence-corrected chi connectivity index (χ1v) is 12.9. The highest BCUT2D eigenvalue weighted by Crippen LogP contribution is 2.48. The van der Waals surface area contributed by atoms with E-state index in [1.807, 2.05) is 30.3 Å². The number of carboxylic acids is 1. The van der Waals surface area contributed by atoms with Crippen LogP contribution in [0, 0.1) is 11.6 Å². The highest BCUT2D eigenvalue weighted by atomic mass is 19.1. The number of piperidine rings is 1. The van der Waals surface area contributed by atoms with Crippen LogP contribution in [0.15, 0.2) is 66.7 Å². The van der Waals surface area contributed by atoms with Crippen molar-refractivity contribution in [1.29, 1.82) is 0 Å². The number of carbonyl (C=O) groups is 1. The third-order valence-electron chi connectivity index (χ3n) is 7.20. The van der Waals surface area contributed by atoms with Crippen LogP contribution >= 0.6 is 0 Å². The number of nitrogens with zero attached hydrogens (tertiary/aromatic N) is 2. The monoisotopic (exact) mass is 524 g/mol. The molecule has 0 saturated carbocycles. The summed E-state index contributed by atoms with van der Waals surface area (Å²) in [6.07, 6.45) is 1.88. The Bertz CT molecular complexity index is 1230. The van der Waals surface area contributed by atoms with Gasteiger partial charge < -0.3 is 24.7 Å². The SMILES string of the molecule is CC(=O)O.COc1ccccc1C(O)CCCN1CCC2C(C1)c1cc(F)ccc1N2c1ccc(F)cc1. The lowest BCUT2D eigenvalue weighted by Crippen LogP contribution is -2.45. The molecule has 3 atom stereocenters. The standard InChI is InChI=1S/C28H30F2N2O2.C2H4O2/c1-34-28-7-3-2-5-22(28)27(33)6-4-15-31-16-14-26-24(18-31)23-17-20(30)10-13-25(23)32(26)21-11-8-19(29)9-12-21;1-2(3)4/h2-3,5,7-13,17,24,26-27,33H,4,6,14-16,18H2,1H3;1H3,(H,3,4). The lowest BCUT2D eigenvalue weighted by Gasteiger charge is -2.39. The average molecular weight is 525 g/mol. The lowest BCUT2D eigenvalue weighted by molar-refractivity contribution is -0.134. The molecule has 1 saturated heterocycles. The fourth-order valence-electron chi connectivity index (χ4n) is 5.58. The second-order valence-electron chi connectivity index (χ2n) is 9.73. The van der Waals surface area contributed by atoms with Crippen molar-refractivity contribution in [2.24, 2.45) is 0 Å². The number of aliphatic hydroxyl groups is 1. The summed E-state index contributed by atoms with van der Waals surface area (Å²) >= 11 is 0. The molecule has 2 aliphatic heterocycles. The highest BCUT2D eigenvalue weighted by Gasteiger charge is 2.42. The summed E-state index contributed by atoms with van der Waals surface area (Å²) in [4.78, 5) is 13.7. The van der Waals surface area contributed by atoms with Gasteiger partial charge in [-0.15, -0.1) is 0 Å². The van der Waals surface area contributed by atoms with Crippen LogP contribution in [0.3, 0.4) is 0 Å². The van der Waals surface area contributed by atoms with E-state index in [2.05, 4.69) is 9.80 Å². The number of likely N-dealkylation sites (tertiary alicyclic amines) is 1. The van der Waals surface area contributed by atoms with E-state index in [0.717, 1.165) is 61.9 Å². The maximum atomic E-state index is 14.2. The predicted octanol–water partition coefficient (Wildman–Crippen LogP) is 5.89. The van der Waals surface area contributed by atoms with E-state index in [-0.39, 0.29) is 23.6 Å². The second-order valence-corrected chi connectivity index (χ2v) is 9.73. The molecule has 6 nitrogen and oxygen atoms in total. The molecule has 8 heteroatoms. The quantitative estimate of drug-likeness (QED) is 0.402. The fourth-order valence-corrected chi connectivity index (χ4v) is 5.58. The Labute approximate surface area is 222 Å². The van der Waals surface area contributed by atoms with E-state index in [1.54, 1.807) is 25.3 Å². The van der Waals surface area contributed by atoms with Gasteiger partial charge in [0, 0.05) is 48.9 Å². The summed E-state index contributed by atoms with van der Waals surface area (Å²) < 4.78 is 33.1. The number of aliphatic carboxylic acids is 1. The first-order valence-electron chi connectivity index (χ1n) is 12.9. The first-order chi connectivity index (χ1) is 18.3. The van der Waals surface area contributed by atoms with Crippen LogP contribution < -0.4 is 9.64 Å². The van der Waals surface area contributed by atoms with Crippen molar-refractivity contribution in [3.05, 3.63) is 89.5 Å². The van der Waals surface area contributed by atoms with Crippen molar-refractivity contribution in [3.8, 4) is 5.75 Å². The fraction of sp³-hybridized carbons (Fsp3) is 0.367. The van der Waals surface area contributed by atoms with Crippen LogP contribution in [0.4, 0.5) is 20.2 Å². The largest absolute Gasteiger partial charge is 0.496 e. The molecule has 0 bridgehead atoms. The maximum Gasteiger partial charge on any atom is 0.300 e. The number of para-hydroxylation sites is 1. The Hall–Kier alpha value is -3.49. The minimum absolute atomic E-state index is 0.184. The van der Waals surface area contributed by atoms with Crippen molar-refractivity contribution in [2.45, 2.75) is 44.2 Å². The number of benzene rings is 3. The van der Waals surface area contributed by atoms with Gasteiger partial charge in [-0.3, -0.25) is 4.79 Å². The van der Waals surface area contributed by atoms with E-state index in [0.29, 0.717) is 12.2 Å².